The average molecular weight is 334 g/mol. The Labute approximate surface area is 141 Å². The van der Waals surface area contributed by atoms with E-state index < -0.39 is 23.5 Å². The Morgan fingerprint density at radius 3 is 2.42 bits per heavy atom. The SMILES string of the molecule is COc1ccc(C(=O)O[C@@H](C)C(=O)N[C@@](C)(C#N)C(C)C)c(O)c1. The van der Waals surface area contributed by atoms with Gasteiger partial charge in [-0.3, -0.25) is 4.79 Å². The summed E-state index contributed by atoms with van der Waals surface area (Å²) in [5, 5.41) is 21.6. The van der Waals surface area contributed by atoms with Crippen molar-refractivity contribution in [2.75, 3.05) is 7.11 Å². The van der Waals surface area contributed by atoms with E-state index in [0.717, 1.165) is 0 Å². The topological polar surface area (TPSA) is 109 Å². The minimum Gasteiger partial charge on any atom is -0.507 e. The van der Waals surface area contributed by atoms with Crippen LogP contribution in [-0.2, 0) is 9.53 Å². The zero-order valence-corrected chi connectivity index (χ0v) is 14.4. The summed E-state index contributed by atoms with van der Waals surface area (Å²) in [6, 6.07) is 6.15. The number of hydrogen-bond acceptors (Lipinski definition) is 6. The number of ether oxygens (including phenoxy) is 2. The molecule has 0 aromatic heterocycles. The molecule has 7 nitrogen and oxygen atoms in total. The number of carbonyl (C=O) groups excluding carboxylic acids is 2. The number of nitriles is 1. The molecule has 0 saturated carbocycles. The van der Waals surface area contributed by atoms with Crippen molar-refractivity contribution in [2.45, 2.75) is 39.3 Å². The number of phenols is 1. The van der Waals surface area contributed by atoms with Gasteiger partial charge in [0.15, 0.2) is 6.10 Å². The number of benzene rings is 1. The summed E-state index contributed by atoms with van der Waals surface area (Å²) in [7, 11) is 1.43. The Bertz CT molecular complexity index is 665. The molecule has 0 aliphatic rings. The first-order valence-electron chi connectivity index (χ1n) is 7.46. The lowest BCUT2D eigenvalue weighted by atomic mass is 9.90. The molecule has 2 N–H and O–H groups in total. The predicted octanol–water partition coefficient (Wildman–Crippen LogP) is 2.00. The van der Waals surface area contributed by atoms with E-state index in [1.54, 1.807) is 20.8 Å². The summed E-state index contributed by atoms with van der Waals surface area (Å²) in [6.45, 7) is 6.59. The Morgan fingerprint density at radius 1 is 1.33 bits per heavy atom. The van der Waals surface area contributed by atoms with E-state index in [2.05, 4.69) is 5.32 Å². The number of nitrogens with zero attached hydrogens (tertiary/aromatic N) is 1. The second-order valence-electron chi connectivity index (χ2n) is 5.89. The van der Waals surface area contributed by atoms with Gasteiger partial charge in [0, 0.05) is 6.07 Å². The van der Waals surface area contributed by atoms with E-state index in [1.807, 2.05) is 6.07 Å². The van der Waals surface area contributed by atoms with E-state index in [-0.39, 0.29) is 17.2 Å². The highest BCUT2D eigenvalue weighted by Crippen LogP contribution is 2.24. The minimum absolute atomic E-state index is 0.0812. The molecule has 0 unspecified atom stereocenters. The first kappa shape index (κ1) is 19.3. The van der Waals surface area contributed by atoms with Crippen LogP contribution in [-0.4, -0.2) is 35.7 Å². The molecule has 0 heterocycles. The number of methoxy groups -OCH3 is 1. The molecule has 1 aromatic rings. The van der Waals surface area contributed by atoms with Crippen molar-refractivity contribution < 1.29 is 24.2 Å². The Morgan fingerprint density at radius 2 is 1.96 bits per heavy atom. The van der Waals surface area contributed by atoms with Crippen LogP contribution >= 0.6 is 0 Å². The summed E-state index contributed by atoms with van der Waals surface area (Å²) in [6.07, 6.45) is -1.12. The van der Waals surface area contributed by atoms with Gasteiger partial charge in [0.05, 0.1) is 13.2 Å². The van der Waals surface area contributed by atoms with Gasteiger partial charge in [-0.15, -0.1) is 0 Å². The van der Waals surface area contributed by atoms with Gasteiger partial charge < -0.3 is 19.9 Å². The zero-order chi connectivity index (χ0) is 18.5. The van der Waals surface area contributed by atoms with Gasteiger partial charge in [-0.25, -0.2) is 4.79 Å². The van der Waals surface area contributed by atoms with Crippen LogP contribution in [0.1, 0.15) is 38.1 Å². The van der Waals surface area contributed by atoms with E-state index in [9.17, 15) is 20.0 Å². The van der Waals surface area contributed by atoms with Crippen LogP contribution in [0.2, 0.25) is 0 Å². The lowest BCUT2D eigenvalue weighted by Crippen LogP contribution is -2.52. The Kier molecular flexibility index (Phi) is 6.18. The van der Waals surface area contributed by atoms with E-state index in [1.165, 1.54) is 32.2 Å². The highest BCUT2D eigenvalue weighted by atomic mass is 16.5. The molecule has 1 aromatic carbocycles. The van der Waals surface area contributed by atoms with Crippen LogP contribution in [0.25, 0.3) is 0 Å². The minimum atomic E-state index is -1.12. The van der Waals surface area contributed by atoms with Gasteiger partial charge in [-0.05, 0) is 31.9 Å². The van der Waals surface area contributed by atoms with Crippen molar-refractivity contribution in [1.29, 1.82) is 5.26 Å². The number of phenolic OH excluding ortho intramolecular Hbond substituents is 1. The number of carbonyl (C=O) groups is 2. The maximum absolute atomic E-state index is 12.2. The maximum atomic E-state index is 12.2. The molecular formula is C17H22N2O5. The van der Waals surface area contributed by atoms with Crippen molar-refractivity contribution in [2.24, 2.45) is 5.92 Å². The number of aromatic hydroxyl groups is 1. The molecule has 130 valence electrons. The lowest BCUT2D eigenvalue weighted by Gasteiger charge is -2.28. The molecular weight excluding hydrogens is 312 g/mol. The van der Waals surface area contributed by atoms with Crippen molar-refractivity contribution >= 4 is 11.9 Å². The summed E-state index contributed by atoms with van der Waals surface area (Å²) in [4.78, 5) is 24.2. The normalized spacial score (nSPS) is 14.2. The fourth-order valence-corrected chi connectivity index (χ4v) is 1.75. The van der Waals surface area contributed by atoms with Crippen molar-refractivity contribution in [3.8, 4) is 17.6 Å². The quantitative estimate of drug-likeness (QED) is 0.770. The second-order valence-corrected chi connectivity index (χ2v) is 5.89. The third-order valence-corrected chi connectivity index (χ3v) is 3.85. The van der Waals surface area contributed by atoms with Gasteiger partial charge in [-0.2, -0.15) is 5.26 Å². The van der Waals surface area contributed by atoms with Crippen molar-refractivity contribution in [3.63, 3.8) is 0 Å². The van der Waals surface area contributed by atoms with Crippen molar-refractivity contribution in [1.82, 2.24) is 5.32 Å². The molecule has 0 aliphatic carbocycles. The monoisotopic (exact) mass is 334 g/mol. The molecule has 0 bridgehead atoms. The predicted molar refractivity (Wildman–Crippen MR) is 86.5 cm³/mol. The third kappa shape index (κ3) is 4.38. The summed E-state index contributed by atoms with van der Waals surface area (Å²) < 4.78 is 9.99. The number of rotatable bonds is 6. The molecule has 0 aliphatic heterocycles. The van der Waals surface area contributed by atoms with Gasteiger partial charge in [0.2, 0.25) is 0 Å². The molecule has 24 heavy (non-hydrogen) atoms. The number of amides is 1. The maximum Gasteiger partial charge on any atom is 0.342 e. The van der Waals surface area contributed by atoms with Gasteiger partial charge in [0.1, 0.15) is 22.6 Å². The Balaban J connectivity index is 2.80. The average Bonchev–Trinajstić information content (AvgIpc) is 2.53. The molecule has 0 radical (unpaired) electrons. The van der Waals surface area contributed by atoms with Crippen molar-refractivity contribution in [3.05, 3.63) is 23.8 Å². The molecule has 7 heteroatoms. The highest BCUT2D eigenvalue weighted by molar-refractivity contribution is 5.94. The van der Waals surface area contributed by atoms with Crippen LogP contribution < -0.4 is 10.1 Å². The van der Waals surface area contributed by atoms with Crippen LogP contribution in [0.15, 0.2) is 18.2 Å². The summed E-state index contributed by atoms with van der Waals surface area (Å²) in [5.41, 5.74) is -1.15. The lowest BCUT2D eigenvalue weighted by molar-refractivity contribution is -0.130. The summed E-state index contributed by atoms with van der Waals surface area (Å²) >= 11 is 0. The number of hydrogen-bond donors (Lipinski definition) is 2. The van der Waals surface area contributed by atoms with Gasteiger partial charge in [0.25, 0.3) is 5.91 Å². The number of esters is 1. The fraction of sp³-hybridized carbons (Fsp3) is 0.471. The smallest absolute Gasteiger partial charge is 0.342 e. The third-order valence-electron chi connectivity index (χ3n) is 3.85. The highest BCUT2D eigenvalue weighted by Gasteiger charge is 2.32. The molecule has 2 atom stereocenters. The number of nitrogens with one attached hydrogen (secondary N) is 1. The molecule has 1 rings (SSSR count). The molecule has 0 spiro atoms. The van der Waals surface area contributed by atoms with Crippen LogP contribution in [0.3, 0.4) is 0 Å². The molecule has 0 fully saturated rings. The van der Waals surface area contributed by atoms with E-state index >= 15 is 0 Å². The zero-order valence-electron chi connectivity index (χ0n) is 14.4. The van der Waals surface area contributed by atoms with E-state index in [4.69, 9.17) is 9.47 Å². The van der Waals surface area contributed by atoms with Crippen LogP contribution in [0.5, 0.6) is 11.5 Å². The van der Waals surface area contributed by atoms with Crippen LogP contribution in [0, 0.1) is 17.2 Å². The second kappa shape index (κ2) is 7.68. The standard InChI is InChI=1S/C17H22N2O5/c1-10(2)17(4,9-18)19-15(21)11(3)24-16(22)13-7-6-12(23-5)8-14(13)20/h6-8,10-11,20H,1-5H3,(H,19,21)/t11-,17-/m0/s1. The molecule has 1 amide bonds. The van der Waals surface area contributed by atoms with E-state index in [0.29, 0.717) is 5.75 Å². The van der Waals surface area contributed by atoms with Gasteiger partial charge >= 0.3 is 5.97 Å². The van der Waals surface area contributed by atoms with Crippen LogP contribution in [0.4, 0.5) is 0 Å². The fourth-order valence-electron chi connectivity index (χ4n) is 1.75. The molecule has 0 saturated heterocycles. The first-order chi connectivity index (χ1) is 11.1. The first-order valence-corrected chi connectivity index (χ1v) is 7.46. The Hall–Kier alpha value is -2.75. The summed E-state index contributed by atoms with van der Waals surface area (Å²) in [5.74, 6) is -1.48. The largest absolute Gasteiger partial charge is 0.507 e. The van der Waals surface area contributed by atoms with Gasteiger partial charge in [-0.1, -0.05) is 13.8 Å².